The zero-order chi connectivity index (χ0) is 35.6. The first-order valence-electron chi connectivity index (χ1n) is 15.7. The number of rotatable bonds is 12. The highest BCUT2D eigenvalue weighted by Gasteiger charge is 2.24. The predicted octanol–water partition coefficient (Wildman–Crippen LogP) is 8.84. The molecule has 0 saturated carbocycles. The summed E-state index contributed by atoms with van der Waals surface area (Å²) in [4.78, 5) is 45.8. The number of amides is 3. The fourth-order valence-electron chi connectivity index (χ4n) is 5.03. The van der Waals surface area contributed by atoms with Crippen molar-refractivity contribution in [1.82, 2.24) is 10.3 Å². The number of anilines is 2. The van der Waals surface area contributed by atoms with Crippen LogP contribution in [0, 0.1) is 5.82 Å². The number of thiazole rings is 1. The molecule has 0 radical (unpaired) electrons. The first-order chi connectivity index (χ1) is 24.9. The van der Waals surface area contributed by atoms with E-state index in [9.17, 15) is 18.8 Å². The molecule has 3 amide bonds. The molecule has 5 aromatic carbocycles. The van der Waals surface area contributed by atoms with Crippen molar-refractivity contribution >= 4 is 57.7 Å². The summed E-state index contributed by atoms with van der Waals surface area (Å²) in [5.74, 6) is -1.07. The van der Waals surface area contributed by atoms with Gasteiger partial charge in [0, 0.05) is 27.1 Å². The minimum absolute atomic E-state index is 0.0361. The molecule has 0 fully saturated rings. The molecule has 11 heteroatoms. The highest BCUT2D eigenvalue weighted by atomic mass is 32.2. The Kier molecular flexibility index (Phi) is 11.3. The van der Waals surface area contributed by atoms with Crippen LogP contribution in [0.2, 0.25) is 0 Å². The Morgan fingerprint density at radius 3 is 2.27 bits per heavy atom. The van der Waals surface area contributed by atoms with Gasteiger partial charge >= 0.3 is 0 Å². The van der Waals surface area contributed by atoms with Gasteiger partial charge in [-0.1, -0.05) is 78.9 Å². The van der Waals surface area contributed by atoms with Gasteiger partial charge in [-0.2, -0.15) is 0 Å². The Hall–Kier alpha value is -6.04. The number of carbonyl (C=O) groups is 3. The quantitative estimate of drug-likeness (QED) is 0.0864. The molecule has 0 spiro atoms. The maximum Gasteiger partial charge on any atom is 0.272 e. The van der Waals surface area contributed by atoms with Crippen LogP contribution >= 0.6 is 23.1 Å². The van der Waals surface area contributed by atoms with Crippen molar-refractivity contribution < 1.29 is 23.5 Å². The van der Waals surface area contributed by atoms with Gasteiger partial charge in [0.2, 0.25) is 5.91 Å². The zero-order valence-corrected chi connectivity index (χ0v) is 28.8. The van der Waals surface area contributed by atoms with Crippen LogP contribution in [0.5, 0.6) is 5.75 Å². The highest BCUT2D eigenvalue weighted by Crippen LogP contribution is 2.38. The molecule has 51 heavy (non-hydrogen) atoms. The van der Waals surface area contributed by atoms with E-state index in [1.165, 1.54) is 53.4 Å². The average Bonchev–Trinajstić information content (AvgIpc) is 3.63. The topological polar surface area (TPSA) is 109 Å². The monoisotopic (exact) mass is 714 g/mol. The Labute approximate surface area is 302 Å². The van der Waals surface area contributed by atoms with E-state index in [-0.39, 0.29) is 11.6 Å². The first kappa shape index (κ1) is 34.8. The molecule has 0 aliphatic heterocycles. The number of thioether (sulfide) groups is 1. The second kappa shape index (κ2) is 16.6. The number of aromatic nitrogens is 1. The van der Waals surface area contributed by atoms with Crippen molar-refractivity contribution in [3.63, 3.8) is 0 Å². The van der Waals surface area contributed by atoms with Crippen LogP contribution in [-0.2, 0) is 9.59 Å². The number of methoxy groups -OCH3 is 1. The summed E-state index contributed by atoms with van der Waals surface area (Å²) < 4.78 is 19.1. The third-order valence-corrected chi connectivity index (χ3v) is 9.52. The van der Waals surface area contributed by atoms with Crippen LogP contribution in [-0.4, -0.2) is 29.8 Å². The van der Waals surface area contributed by atoms with Gasteiger partial charge in [-0.3, -0.25) is 14.4 Å². The van der Waals surface area contributed by atoms with Crippen molar-refractivity contribution in [2.45, 2.75) is 10.1 Å². The summed E-state index contributed by atoms with van der Waals surface area (Å²) in [6.07, 6.45) is 1.47. The van der Waals surface area contributed by atoms with Crippen LogP contribution in [0.3, 0.4) is 0 Å². The van der Waals surface area contributed by atoms with E-state index in [4.69, 9.17) is 4.74 Å². The molecule has 0 aliphatic carbocycles. The standard InChI is InChI=1S/C40H31FN4O4S2/c1-49-35-18-9-8-17-32(35)34-25-50-40(44-34)45-39(48)36(27-11-4-2-5-12-27)51-31-16-10-15-30(24-31)42-38(47)33(23-26-19-21-29(41)22-20-26)43-37(46)28-13-6-3-7-14-28/h2-25,36H,1H3,(H,42,47)(H,43,46)(H,44,45,48)/b33-23-. The molecule has 6 rings (SSSR count). The molecule has 254 valence electrons. The Balaban J connectivity index is 1.21. The van der Waals surface area contributed by atoms with Crippen LogP contribution in [0.15, 0.2) is 149 Å². The lowest BCUT2D eigenvalue weighted by molar-refractivity contribution is -0.116. The number of hydrogen-bond donors (Lipinski definition) is 3. The van der Waals surface area contributed by atoms with Crippen molar-refractivity contribution in [2.75, 3.05) is 17.7 Å². The number of benzene rings is 5. The van der Waals surface area contributed by atoms with E-state index in [1.807, 2.05) is 66.0 Å². The van der Waals surface area contributed by atoms with Gasteiger partial charge in [0.1, 0.15) is 22.5 Å². The van der Waals surface area contributed by atoms with E-state index >= 15 is 0 Å². The molecule has 1 heterocycles. The van der Waals surface area contributed by atoms with Crippen LogP contribution in [0.1, 0.15) is 26.7 Å². The van der Waals surface area contributed by atoms with E-state index in [0.717, 1.165) is 11.1 Å². The lowest BCUT2D eigenvalue weighted by atomic mass is 10.1. The van der Waals surface area contributed by atoms with Crippen LogP contribution in [0.4, 0.5) is 15.2 Å². The normalized spacial score (nSPS) is 11.7. The SMILES string of the molecule is COc1ccccc1-c1csc(NC(=O)C(Sc2cccc(NC(=O)/C(=C/c3ccc(F)cc3)NC(=O)c3ccccc3)c2)c2ccccc2)n1. The predicted molar refractivity (Wildman–Crippen MR) is 201 cm³/mol. The molecular weight excluding hydrogens is 684 g/mol. The Morgan fingerprint density at radius 2 is 1.53 bits per heavy atom. The molecule has 0 bridgehead atoms. The summed E-state index contributed by atoms with van der Waals surface area (Å²) >= 11 is 2.63. The van der Waals surface area contributed by atoms with Gasteiger partial charge < -0.3 is 20.7 Å². The number of carbonyl (C=O) groups excluding carboxylic acids is 3. The molecule has 1 atom stereocenters. The molecule has 1 aromatic heterocycles. The number of hydrogen-bond acceptors (Lipinski definition) is 7. The minimum Gasteiger partial charge on any atom is -0.496 e. The van der Waals surface area contributed by atoms with Gasteiger partial charge in [0.15, 0.2) is 5.13 Å². The van der Waals surface area contributed by atoms with E-state index in [0.29, 0.717) is 38.3 Å². The molecule has 0 saturated heterocycles. The van der Waals surface area contributed by atoms with Crippen molar-refractivity contribution in [3.8, 4) is 17.0 Å². The number of ether oxygens (including phenoxy) is 1. The second-order valence-electron chi connectivity index (χ2n) is 11.0. The summed E-state index contributed by atoms with van der Waals surface area (Å²) in [6.45, 7) is 0. The Morgan fingerprint density at radius 1 is 0.824 bits per heavy atom. The third-order valence-electron chi connectivity index (χ3n) is 7.51. The fourth-order valence-corrected chi connectivity index (χ4v) is 6.83. The lowest BCUT2D eigenvalue weighted by Crippen LogP contribution is -2.30. The number of para-hydroxylation sites is 1. The summed E-state index contributed by atoms with van der Waals surface area (Å²) in [6, 6.07) is 38.1. The van der Waals surface area contributed by atoms with E-state index in [1.54, 1.807) is 55.6 Å². The van der Waals surface area contributed by atoms with Crippen LogP contribution in [0.25, 0.3) is 17.3 Å². The average molecular weight is 715 g/mol. The maximum absolute atomic E-state index is 13.8. The molecule has 6 aromatic rings. The molecule has 1 unspecified atom stereocenters. The third kappa shape index (κ3) is 9.15. The van der Waals surface area contributed by atoms with Gasteiger partial charge in [0.05, 0.1) is 12.8 Å². The zero-order valence-electron chi connectivity index (χ0n) is 27.2. The van der Waals surface area contributed by atoms with Gasteiger partial charge in [-0.05, 0) is 71.8 Å². The largest absolute Gasteiger partial charge is 0.496 e. The van der Waals surface area contributed by atoms with Crippen molar-refractivity contribution in [1.29, 1.82) is 0 Å². The van der Waals surface area contributed by atoms with Gasteiger partial charge in [0.25, 0.3) is 11.8 Å². The van der Waals surface area contributed by atoms with E-state index < -0.39 is 22.9 Å². The number of nitrogens with zero attached hydrogens (tertiary/aromatic N) is 1. The number of halogens is 1. The summed E-state index contributed by atoms with van der Waals surface area (Å²) in [5.41, 5.74) is 3.58. The van der Waals surface area contributed by atoms with E-state index in [2.05, 4.69) is 20.9 Å². The molecule has 8 nitrogen and oxygen atoms in total. The minimum atomic E-state index is -0.658. The smallest absolute Gasteiger partial charge is 0.272 e. The molecule has 0 aliphatic rings. The highest BCUT2D eigenvalue weighted by molar-refractivity contribution is 8.00. The molecule has 3 N–H and O–H groups in total. The number of nitrogens with one attached hydrogen (secondary N) is 3. The lowest BCUT2D eigenvalue weighted by Gasteiger charge is -2.17. The summed E-state index contributed by atoms with van der Waals surface area (Å²) in [7, 11) is 1.60. The summed E-state index contributed by atoms with van der Waals surface area (Å²) in [5, 5.41) is 10.2. The first-order valence-corrected chi connectivity index (χ1v) is 17.5. The van der Waals surface area contributed by atoms with Crippen molar-refractivity contribution in [2.24, 2.45) is 0 Å². The Bertz CT molecular complexity index is 2170. The maximum atomic E-state index is 13.8. The fraction of sp³-hybridized carbons (Fsp3) is 0.0500. The van der Waals surface area contributed by atoms with Crippen LogP contribution < -0.4 is 20.7 Å². The van der Waals surface area contributed by atoms with Gasteiger partial charge in [-0.25, -0.2) is 9.37 Å². The van der Waals surface area contributed by atoms with Crippen molar-refractivity contribution in [3.05, 3.63) is 167 Å². The van der Waals surface area contributed by atoms with Gasteiger partial charge in [-0.15, -0.1) is 23.1 Å². The second-order valence-corrected chi connectivity index (χ2v) is 13.1. The molecular formula is C40H31FN4O4S2.